The fourth-order valence-electron chi connectivity index (χ4n) is 4.20. The van der Waals surface area contributed by atoms with Crippen LogP contribution in [0.5, 0.6) is 0 Å². The fraction of sp³-hybridized carbons (Fsp3) is 0.320. The second-order valence-electron chi connectivity index (χ2n) is 7.86. The number of carbonyl (C=O) groups excluding carboxylic acids is 1. The van der Waals surface area contributed by atoms with E-state index in [9.17, 15) is 9.59 Å². The number of nitrogens with zero attached hydrogens (tertiary/aromatic N) is 3. The Balaban J connectivity index is 1.74. The highest BCUT2D eigenvalue weighted by Crippen LogP contribution is 2.27. The summed E-state index contributed by atoms with van der Waals surface area (Å²) in [4.78, 5) is 33.0. The van der Waals surface area contributed by atoms with Crippen molar-refractivity contribution in [1.82, 2.24) is 14.5 Å². The van der Waals surface area contributed by atoms with Gasteiger partial charge in [0.2, 0.25) is 0 Å². The molecule has 0 radical (unpaired) electrons. The van der Waals surface area contributed by atoms with Crippen LogP contribution in [0.1, 0.15) is 39.2 Å². The van der Waals surface area contributed by atoms with Crippen LogP contribution in [0.3, 0.4) is 0 Å². The van der Waals surface area contributed by atoms with Crippen LogP contribution in [0.25, 0.3) is 5.69 Å². The summed E-state index contributed by atoms with van der Waals surface area (Å²) in [5, 5.41) is 0. The van der Waals surface area contributed by atoms with E-state index in [1.54, 1.807) is 29.0 Å². The molecule has 1 aliphatic carbocycles. The van der Waals surface area contributed by atoms with E-state index < -0.39 is 0 Å². The van der Waals surface area contributed by atoms with Gasteiger partial charge >= 0.3 is 0 Å². The SMILES string of the molecule is COCCN(Cc1ccccn1)C(=O)c1c(C)ccn(-c2cccc3c2CCC3)c1=O. The van der Waals surface area contributed by atoms with Crippen molar-refractivity contribution in [3.63, 3.8) is 0 Å². The molecular weight excluding hydrogens is 390 g/mol. The number of benzene rings is 1. The van der Waals surface area contributed by atoms with Gasteiger partial charge < -0.3 is 9.64 Å². The van der Waals surface area contributed by atoms with Gasteiger partial charge in [-0.05, 0) is 67.1 Å². The highest BCUT2D eigenvalue weighted by Gasteiger charge is 2.24. The van der Waals surface area contributed by atoms with Gasteiger partial charge in [-0.2, -0.15) is 0 Å². The molecule has 0 bridgehead atoms. The first kappa shape index (κ1) is 21.0. The average molecular weight is 418 g/mol. The minimum atomic E-state index is -0.299. The molecule has 160 valence electrons. The van der Waals surface area contributed by atoms with E-state index in [1.807, 2.05) is 43.3 Å². The fourth-order valence-corrected chi connectivity index (χ4v) is 4.20. The third-order valence-electron chi connectivity index (χ3n) is 5.83. The first-order valence-corrected chi connectivity index (χ1v) is 10.6. The van der Waals surface area contributed by atoms with Crippen molar-refractivity contribution < 1.29 is 9.53 Å². The van der Waals surface area contributed by atoms with Crippen molar-refractivity contribution in [3.8, 4) is 5.69 Å². The lowest BCUT2D eigenvalue weighted by Crippen LogP contribution is -2.39. The summed E-state index contributed by atoms with van der Waals surface area (Å²) < 4.78 is 6.83. The molecule has 2 heterocycles. The first-order chi connectivity index (χ1) is 15.1. The van der Waals surface area contributed by atoms with Gasteiger partial charge in [0.05, 0.1) is 24.5 Å². The van der Waals surface area contributed by atoms with Gasteiger partial charge in [0.1, 0.15) is 5.56 Å². The van der Waals surface area contributed by atoms with Crippen molar-refractivity contribution in [2.45, 2.75) is 32.7 Å². The zero-order valence-corrected chi connectivity index (χ0v) is 18.0. The van der Waals surface area contributed by atoms with Crippen molar-refractivity contribution in [1.29, 1.82) is 0 Å². The Bertz CT molecular complexity index is 1140. The summed E-state index contributed by atoms with van der Waals surface area (Å²) in [5.74, 6) is -0.299. The molecule has 0 spiro atoms. The Labute approximate surface area is 182 Å². The number of fused-ring (bicyclic) bond motifs is 1. The van der Waals surface area contributed by atoms with Crippen LogP contribution >= 0.6 is 0 Å². The van der Waals surface area contributed by atoms with Crippen LogP contribution in [-0.2, 0) is 24.1 Å². The number of amides is 1. The molecule has 1 amide bonds. The van der Waals surface area contributed by atoms with Gasteiger partial charge in [-0.25, -0.2) is 0 Å². The molecule has 3 aromatic rings. The Kier molecular flexibility index (Phi) is 6.28. The molecule has 0 unspecified atom stereocenters. The summed E-state index contributed by atoms with van der Waals surface area (Å²) in [5.41, 5.74) is 4.72. The van der Waals surface area contributed by atoms with Crippen LogP contribution < -0.4 is 5.56 Å². The van der Waals surface area contributed by atoms with E-state index in [0.29, 0.717) is 25.3 Å². The highest BCUT2D eigenvalue weighted by atomic mass is 16.5. The van der Waals surface area contributed by atoms with Crippen LogP contribution in [-0.4, -0.2) is 40.6 Å². The molecule has 1 aromatic carbocycles. The van der Waals surface area contributed by atoms with Gasteiger partial charge in [-0.15, -0.1) is 0 Å². The second kappa shape index (κ2) is 9.27. The Hall–Kier alpha value is -3.25. The summed E-state index contributed by atoms with van der Waals surface area (Å²) in [7, 11) is 1.60. The summed E-state index contributed by atoms with van der Waals surface area (Å²) in [6.07, 6.45) is 6.55. The molecule has 6 nitrogen and oxygen atoms in total. The number of aromatic nitrogens is 2. The molecule has 0 aliphatic heterocycles. The lowest BCUT2D eigenvalue weighted by molar-refractivity contribution is 0.0675. The maximum atomic E-state index is 13.5. The number of pyridine rings is 2. The summed E-state index contributed by atoms with van der Waals surface area (Å²) >= 11 is 0. The smallest absolute Gasteiger partial charge is 0.268 e. The zero-order valence-electron chi connectivity index (χ0n) is 18.0. The maximum absolute atomic E-state index is 13.5. The normalized spacial score (nSPS) is 12.6. The molecule has 0 fully saturated rings. The lowest BCUT2D eigenvalue weighted by Gasteiger charge is -2.23. The topological polar surface area (TPSA) is 64.4 Å². The van der Waals surface area contributed by atoms with Crippen molar-refractivity contribution in [2.24, 2.45) is 0 Å². The van der Waals surface area contributed by atoms with Crippen LogP contribution in [0.2, 0.25) is 0 Å². The van der Waals surface area contributed by atoms with E-state index in [4.69, 9.17) is 4.74 Å². The number of methoxy groups -OCH3 is 1. The zero-order chi connectivity index (χ0) is 21.8. The third-order valence-corrected chi connectivity index (χ3v) is 5.83. The minimum Gasteiger partial charge on any atom is -0.383 e. The first-order valence-electron chi connectivity index (χ1n) is 10.6. The van der Waals surface area contributed by atoms with Crippen molar-refractivity contribution in [2.75, 3.05) is 20.3 Å². The summed E-state index contributed by atoms with van der Waals surface area (Å²) in [6.45, 7) is 2.88. The predicted molar refractivity (Wildman–Crippen MR) is 120 cm³/mol. The van der Waals surface area contributed by atoms with Crippen LogP contribution in [0.4, 0.5) is 0 Å². The molecule has 0 atom stereocenters. The number of hydrogen-bond acceptors (Lipinski definition) is 4. The molecular formula is C25H27N3O3. The minimum absolute atomic E-state index is 0.199. The molecule has 0 saturated carbocycles. The van der Waals surface area contributed by atoms with E-state index in [0.717, 1.165) is 30.6 Å². The molecule has 0 N–H and O–H groups in total. The van der Waals surface area contributed by atoms with Gasteiger partial charge in [0.15, 0.2) is 0 Å². The monoisotopic (exact) mass is 417 g/mol. The quantitative estimate of drug-likeness (QED) is 0.592. The number of ether oxygens (including phenoxy) is 1. The number of carbonyl (C=O) groups is 1. The maximum Gasteiger partial charge on any atom is 0.268 e. The van der Waals surface area contributed by atoms with Gasteiger partial charge in [-0.1, -0.05) is 18.2 Å². The van der Waals surface area contributed by atoms with E-state index in [-0.39, 0.29) is 17.0 Å². The summed E-state index contributed by atoms with van der Waals surface area (Å²) in [6, 6.07) is 13.5. The average Bonchev–Trinajstić information content (AvgIpc) is 3.26. The highest BCUT2D eigenvalue weighted by molar-refractivity contribution is 5.95. The molecule has 6 heteroatoms. The number of aryl methyl sites for hydroxylation is 2. The predicted octanol–water partition coefficient (Wildman–Crippen LogP) is 3.32. The third kappa shape index (κ3) is 4.30. The largest absolute Gasteiger partial charge is 0.383 e. The Morgan fingerprint density at radius 2 is 2.03 bits per heavy atom. The molecule has 0 saturated heterocycles. The molecule has 4 rings (SSSR count). The van der Waals surface area contributed by atoms with E-state index in [2.05, 4.69) is 11.1 Å². The van der Waals surface area contributed by atoms with Gasteiger partial charge in [0, 0.05) is 26.0 Å². The van der Waals surface area contributed by atoms with Crippen LogP contribution in [0, 0.1) is 6.92 Å². The molecule has 2 aromatic heterocycles. The van der Waals surface area contributed by atoms with Gasteiger partial charge in [-0.3, -0.25) is 19.1 Å². The molecule has 1 aliphatic rings. The Morgan fingerprint density at radius 1 is 1.16 bits per heavy atom. The van der Waals surface area contributed by atoms with Crippen molar-refractivity contribution >= 4 is 5.91 Å². The Morgan fingerprint density at radius 3 is 2.81 bits per heavy atom. The second-order valence-corrected chi connectivity index (χ2v) is 7.86. The van der Waals surface area contributed by atoms with Crippen molar-refractivity contribution in [3.05, 3.63) is 93.2 Å². The lowest BCUT2D eigenvalue weighted by atomic mass is 10.1. The van der Waals surface area contributed by atoms with E-state index in [1.165, 1.54) is 11.1 Å². The van der Waals surface area contributed by atoms with Gasteiger partial charge in [0.25, 0.3) is 11.5 Å². The number of rotatable bonds is 7. The number of hydrogen-bond donors (Lipinski definition) is 0. The standard InChI is InChI=1S/C25H27N3O3/c1-18-12-14-28(22-11-6-8-19-7-5-10-21(19)22)25(30)23(18)24(29)27(15-16-31-2)17-20-9-3-4-13-26-20/h3-4,6,8-9,11-14H,5,7,10,15-17H2,1-2H3. The molecule has 31 heavy (non-hydrogen) atoms. The van der Waals surface area contributed by atoms with E-state index >= 15 is 0 Å². The van der Waals surface area contributed by atoms with Crippen LogP contribution in [0.15, 0.2) is 59.7 Å².